The van der Waals surface area contributed by atoms with E-state index in [4.69, 9.17) is 24.6 Å². The van der Waals surface area contributed by atoms with Crippen LogP contribution in [0.5, 0.6) is 11.5 Å². The summed E-state index contributed by atoms with van der Waals surface area (Å²) in [6.07, 6.45) is 0. The molecular formula is C12H8AsCl2O. The molecule has 2 aromatic rings. The van der Waals surface area contributed by atoms with Gasteiger partial charge in [-0.25, -0.2) is 0 Å². The second-order valence-corrected chi connectivity index (χ2v) is 13.9. The van der Waals surface area contributed by atoms with Crippen LogP contribution in [0.4, 0.5) is 0 Å². The Bertz CT molecular complexity index is 507. The number of hydrogen-bond acceptors (Lipinski definition) is 1. The first kappa shape index (κ1) is 10.5. The van der Waals surface area contributed by atoms with Crippen LogP contribution in [0, 0.1) is 0 Å². The van der Waals surface area contributed by atoms with Gasteiger partial charge in [0.25, 0.3) is 0 Å². The van der Waals surface area contributed by atoms with Gasteiger partial charge in [-0.05, 0) is 0 Å². The topological polar surface area (TPSA) is 9.23 Å². The summed E-state index contributed by atoms with van der Waals surface area (Å²) in [5, 5.41) is 0. The van der Waals surface area contributed by atoms with Crippen molar-refractivity contribution in [3.63, 3.8) is 0 Å². The maximum atomic E-state index is 6.59. The molecule has 1 aliphatic rings. The van der Waals surface area contributed by atoms with Crippen molar-refractivity contribution in [2.75, 3.05) is 0 Å². The van der Waals surface area contributed by atoms with Crippen LogP contribution in [0.1, 0.15) is 0 Å². The molecule has 4 heteroatoms. The predicted molar refractivity (Wildman–Crippen MR) is 69.7 cm³/mol. The summed E-state index contributed by atoms with van der Waals surface area (Å²) in [7, 11) is 13.2. The summed E-state index contributed by atoms with van der Waals surface area (Å²) in [5.74, 6) is 1.58. The van der Waals surface area contributed by atoms with E-state index in [1.54, 1.807) is 0 Å². The van der Waals surface area contributed by atoms with E-state index in [2.05, 4.69) is 0 Å². The first-order chi connectivity index (χ1) is 7.69. The normalized spacial score (nSPS) is 15.9. The molecule has 1 nitrogen and oxygen atoms in total. The summed E-state index contributed by atoms with van der Waals surface area (Å²) in [5.41, 5.74) is 0. The molecule has 81 valence electrons. The fraction of sp³-hybridized carbons (Fsp3) is 0. The van der Waals surface area contributed by atoms with Crippen LogP contribution in [0.15, 0.2) is 48.5 Å². The van der Waals surface area contributed by atoms with Crippen molar-refractivity contribution in [2.24, 2.45) is 0 Å². The van der Waals surface area contributed by atoms with Crippen LogP contribution in [0.2, 0.25) is 0 Å². The monoisotopic (exact) mass is 313 g/mol. The van der Waals surface area contributed by atoms with Crippen molar-refractivity contribution in [2.45, 2.75) is 0 Å². The molecule has 0 atom stereocenters. The Morgan fingerprint density at radius 1 is 0.750 bits per heavy atom. The summed E-state index contributed by atoms with van der Waals surface area (Å²) in [4.78, 5) is 0. The van der Waals surface area contributed by atoms with Gasteiger partial charge in [-0.1, -0.05) is 0 Å². The summed E-state index contributed by atoms with van der Waals surface area (Å²) in [6, 6.07) is 15.5. The minimum absolute atomic E-state index is 0.790. The molecule has 0 aliphatic carbocycles. The van der Waals surface area contributed by atoms with E-state index in [9.17, 15) is 0 Å². The van der Waals surface area contributed by atoms with Gasteiger partial charge < -0.3 is 0 Å². The molecule has 0 bridgehead atoms. The van der Waals surface area contributed by atoms with Crippen molar-refractivity contribution in [1.82, 2.24) is 0 Å². The van der Waals surface area contributed by atoms with Crippen molar-refractivity contribution >= 4 is 40.3 Å². The van der Waals surface area contributed by atoms with E-state index in [1.165, 1.54) is 0 Å². The summed E-state index contributed by atoms with van der Waals surface area (Å²) < 4.78 is 7.71. The van der Waals surface area contributed by atoms with Crippen LogP contribution in [-0.4, -0.2) is 11.7 Å². The van der Waals surface area contributed by atoms with Gasteiger partial charge in [-0.3, -0.25) is 0 Å². The molecule has 0 saturated carbocycles. The third-order valence-corrected chi connectivity index (χ3v) is 10.4. The molecule has 16 heavy (non-hydrogen) atoms. The molecule has 0 fully saturated rings. The Labute approximate surface area is 105 Å². The number of fused-ring (bicyclic) bond motifs is 2. The van der Waals surface area contributed by atoms with Gasteiger partial charge in [0.15, 0.2) is 0 Å². The number of benzene rings is 2. The fourth-order valence-corrected chi connectivity index (χ4v) is 8.06. The molecule has 0 saturated heterocycles. The fourth-order valence-electron chi connectivity index (χ4n) is 1.80. The molecule has 3 rings (SSSR count). The zero-order chi connectivity index (χ0) is 11.2. The van der Waals surface area contributed by atoms with Crippen molar-refractivity contribution < 1.29 is 4.74 Å². The number of ether oxygens (including phenoxy) is 1. The first-order valence-electron chi connectivity index (χ1n) is 4.85. The Hall–Kier alpha value is -0.622. The Balaban J connectivity index is 2.28. The third kappa shape index (κ3) is 1.47. The Morgan fingerprint density at radius 3 is 1.69 bits per heavy atom. The molecule has 2 aromatic carbocycles. The number of para-hydroxylation sites is 2. The quantitative estimate of drug-likeness (QED) is 0.680. The van der Waals surface area contributed by atoms with Crippen LogP contribution in [-0.2, 0) is 0 Å². The molecule has 0 aromatic heterocycles. The van der Waals surface area contributed by atoms with Crippen molar-refractivity contribution in [1.29, 1.82) is 0 Å². The second kappa shape index (κ2) is 3.70. The predicted octanol–water partition coefficient (Wildman–Crippen LogP) is 2.83. The Morgan fingerprint density at radius 2 is 1.19 bits per heavy atom. The molecule has 0 N–H and O–H groups in total. The van der Waals surface area contributed by atoms with Crippen molar-refractivity contribution in [3.05, 3.63) is 48.5 Å². The van der Waals surface area contributed by atoms with Gasteiger partial charge in [-0.2, -0.15) is 0 Å². The molecule has 1 radical (unpaired) electrons. The summed E-state index contributed by atoms with van der Waals surface area (Å²) >= 11 is -2.99. The SMILES string of the molecule is Cl[As]1(Cl)c2ccccc2Oc2ccccc21. The van der Waals surface area contributed by atoms with Crippen LogP contribution in [0.3, 0.4) is 0 Å². The Kier molecular flexibility index (Phi) is 2.43. The van der Waals surface area contributed by atoms with E-state index in [1.807, 2.05) is 48.5 Å². The number of rotatable bonds is 0. The molecule has 0 amide bonds. The average Bonchev–Trinajstić information content (AvgIpc) is 2.29. The molecular weight excluding hydrogens is 306 g/mol. The van der Waals surface area contributed by atoms with Crippen molar-refractivity contribution in [3.8, 4) is 11.5 Å². The van der Waals surface area contributed by atoms with Crippen LogP contribution in [0.25, 0.3) is 0 Å². The molecule has 0 spiro atoms. The number of hydrogen-bond donors (Lipinski definition) is 0. The zero-order valence-electron chi connectivity index (χ0n) is 8.23. The van der Waals surface area contributed by atoms with E-state index in [-0.39, 0.29) is 0 Å². The molecule has 0 unspecified atom stereocenters. The van der Waals surface area contributed by atoms with Crippen LogP contribution < -0.4 is 13.4 Å². The van der Waals surface area contributed by atoms with Gasteiger partial charge in [0.05, 0.1) is 0 Å². The van der Waals surface area contributed by atoms with Gasteiger partial charge in [-0.15, -0.1) is 0 Å². The zero-order valence-corrected chi connectivity index (χ0v) is 11.6. The maximum absolute atomic E-state index is 6.59. The molecule has 1 aliphatic heterocycles. The standard InChI is InChI=1S/C12H8AsCl2O/c14-13(15)9-5-1-3-7-11(9)16-12-8-4-2-6-10(12)13/h1-8H. The van der Waals surface area contributed by atoms with E-state index in [0.717, 1.165) is 20.2 Å². The van der Waals surface area contributed by atoms with E-state index < -0.39 is 11.7 Å². The summed E-state index contributed by atoms with van der Waals surface area (Å²) in [6.45, 7) is 0. The van der Waals surface area contributed by atoms with Gasteiger partial charge in [0.2, 0.25) is 0 Å². The minimum atomic E-state index is -2.99. The molecule has 1 heterocycles. The van der Waals surface area contributed by atoms with Gasteiger partial charge in [0, 0.05) is 0 Å². The third-order valence-electron chi connectivity index (χ3n) is 2.56. The second-order valence-electron chi connectivity index (χ2n) is 3.55. The average molecular weight is 314 g/mol. The van der Waals surface area contributed by atoms with Crippen LogP contribution >= 0.6 is 19.9 Å². The van der Waals surface area contributed by atoms with E-state index in [0.29, 0.717) is 0 Å². The van der Waals surface area contributed by atoms with Gasteiger partial charge >= 0.3 is 105 Å². The van der Waals surface area contributed by atoms with Gasteiger partial charge in [0.1, 0.15) is 0 Å². The first-order valence-corrected chi connectivity index (χ1v) is 11.7. The van der Waals surface area contributed by atoms with E-state index >= 15 is 0 Å². The number of halogens is 2.